The van der Waals surface area contributed by atoms with Crippen LogP contribution in [0.3, 0.4) is 0 Å². The molecular formula is C11H18O4. The summed E-state index contributed by atoms with van der Waals surface area (Å²) in [6.07, 6.45) is 1.58. The van der Waals surface area contributed by atoms with E-state index in [0.717, 1.165) is 12.8 Å². The Labute approximate surface area is 89.9 Å². The molecule has 0 aromatic heterocycles. The summed E-state index contributed by atoms with van der Waals surface area (Å²) in [6.45, 7) is 5.35. The number of carbonyl (C=O) groups is 1. The molecule has 2 aliphatic heterocycles. The van der Waals surface area contributed by atoms with Gasteiger partial charge in [-0.1, -0.05) is 13.8 Å². The Morgan fingerprint density at radius 2 is 1.93 bits per heavy atom. The second-order valence-corrected chi connectivity index (χ2v) is 4.59. The van der Waals surface area contributed by atoms with E-state index in [1.54, 1.807) is 0 Å². The van der Waals surface area contributed by atoms with Gasteiger partial charge in [0, 0.05) is 26.1 Å². The van der Waals surface area contributed by atoms with Gasteiger partial charge in [-0.25, -0.2) is 4.79 Å². The van der Waals surface area contributed by atoms with Crippen molar-refractivity contribution in [2.24, 2.45) is 5.92 Å². The van der Waals surface area contributed by atoms with E-state index in [4.69, 9.17) is 14.2 Å². The Morgan fingerprint density at radius 3 is 2.40 bits per heavy atom. The molecule has 0 radical (unpaired) electrons. The van der Waals surface area contributed by atoms with Crippen LogP contribution in [-0.2, 0) is 19.0 Å². The van der Waals surface area contributed by atoms with Crippen LogP contribution in [0.15, 0.2) is 0 Å². The summed E-state index contributed by atoms with van der Waals surface area (Å²) in [5, 5.41) is 0. The largest absolute Gasteiger partial charge is 0.467 e. The van der Waals surface area contributed by atoms with Gasteiger partial charge in [-0.3, -0.25) is 0 Å². The van der Waals surface area contributed by atoms with Gasteiger partial charge in [-0.15, -0.1) is 0 Å². The Balaban J connectivity index is 2.21. The zero-order chi connectivity index (χ0) is 11.1. The third-order valence-electron chi connectivity index (χ3n) is 3.59. The van der Waals surface area contributed by atoms with Crippen molar-refractivity contribution >= 4 is 5.97 Å². The predicted octanol–water partition coefficient (Wildman–Crippen LogP) is 1.13. The van der Waals surface area contributed by atoms with Gasteiger partial charge in [0.25, 0.3) is 0 Å². The van der Waals surface area contributed by atoms with Crippen LogP contribution < -0.4 is 0 Å². The van der Waals surface area contributed by atoms with Gasteiger partial charge in [-0.2, -0.15) is 0 Å². The summed E-state index contributed by atoms with van der Waals surface area (Å²) in [6, 6.07) is 0. The highest BCUT2D eigenvalue weighted by Crippen LogP contribution is 2.58. The lowest BCUT2D eigenvalue weighted by atomic mass is 9.79. The number of hydrogen-bond donors (Lipinski definition) is 0. The molecule has 1 unspecified atom stereocenters. The molecule has 2 saturated heterocycles. The van der Waals surface area contributed by atoms with Crippen LogP contribution in [0, 0.1) is 5.92 Å². The molecule has 86 valence electrons. The average molecular weight is 214 g/mol. The van der Waals surface area contributed by atoms with Crippen LogP contribution in [0.1, 0.15) is 26.7 Å². The highest BCUT2D eigenvalue weighted by Gasteiger charge is 2.76. The van der Waals surface area contributed by atoms with Crippen molar-refractivity contribution < 1.29 is 19.0 Å². The number of hydrogen-bond acceptors (Lipinski definition) is 4. The molecule has 0 aromatic rings. The van der Waals surface area contributed by atoms with Crippen molar-refractivity contribution in [3.05, 3.63) is 0 Å². The molecule has 0 bridgehead atoms. The van der Waals surface area contributed by atoms with Gasteiger partial charge in [0.1, 0.15) is 5.60 Å². The smallest absolute Gasteiger partial charge is 0.341 e. The quantitative estimate of drug-likeness (QED) is 0.511. The highest BCUT2D eigenvalue weighted by atomic mass is 16.7. The summed E-state index contributed by atoms with van der Waals surface area (Å²) >= 11 is 0. The van der Waals surface area contributed by atoms with Gasteiger partial charge in [0.05, 0.1) is 7.11 Å². The maximum atomic E-state index is 11.8. The van der Waals surface area contributed by atoms with E-state index in [-0.39, 0.29) is 17.5 Å². The molecule has 4 heteroatoms. The molecule has 0 aliphatic carbocycles. The molecule has 2 rings (SSSR count). The average Bonchev–Trinajstić information content (AvgIpc) is 2.88. The van der Waals surface area contributed by atoms with Crippen LogP contribution in [0.4, 0.5) is 0 Å². The molecular weight excluding hydrogens is 196 g/mol. The Hall–Kier alpha value is -0.610. The SMILES string of the molecule is COC(=O)C1(C(C)C)OC12CCOCC2. The minimum atomic E-state index is -0.717. The van der Waals surface area contributed by atoms with Gasteiger partial charge in [0.15, 0.2) is 5.60 Å². The van der Waals surface area contributed by atoms with Crippen molar-refractivity contribution in [1.82, 2.24) is 0 Å². The summed E-state index contributed by atoms with van der Waals surface area (Å²) in [5.74, 6) is -0.0950. The third-order valence-corrected chi connectivity index (χ3v) is 3.59. The van der Waals surface area contributed by atoms with Gasteiger partial charge >= 0.3 is 5.97 Å². The van der Waals surface area contributed by atoms with Crippen LogP contribution in [0.25, 0.3) is 0 Å². The van der Waals surface area contributed by atoms with Crippen LogP contribution >= 0.6 is 0 Å². The number of methoxy groups -OCH3 is 1. The van der Waals surface area contributed by atoms with Gasteiger partial charge in [-0.05, 0) is 5.92 Å². The summed E-state index contributed by atoms with van der Waals surface area (Å²) in [5.41, 5.74) is -1.03. The van der Waals surface area contributed by atoms with E-state index in [0.29, 0.717) is 13.2 Å². The molecule has 1 spiro atoms. The van der Waals surface area contributed by atoms with E-state index >= 15 is 0 Å². The Kier molecular flexibility index (Phi) is 2.51. The minimum absolute atomic E-state index is 0.142. The molecule has 4 nitrogen and oxygen atoms in total. The number of epoxide rings is 1. The normalized spacial score (nSPS) is 33.1. The van der Waals surface area contributed by atoms with Crippen molar-refractivity contribution in [2.45, 2.75) is 37.9 Å². The molecule has 0 N–H and O–H groups in total. The fraction of sp³-hybridized carbons (Fsp3) is 0.909. The zero-order valence-corrected chi connectivity index (χ0v) is 9.54. The van der Waals surface area contributed by atoms with Crippen LogP contribution in [0.2, 0.25) is 0 Å². The Morgan fingerprint density at radius 1 is 1.33 bits per heavy atom. The number of rotatable bonds is 2. The van der Waals surface area contributed by atoms with E-state index in [1.165, 1.54) is 7.11 Å². The molecule has 2 heterocycles. The molecule has 1 atom stereocenters. The number of ether oxygens (including phenoxy) is 3. The lowest BCUT2D eigenvalue weighted by molar-refractivity contribution is -0.148. The molecule has 0 saturated carbocycles. The minimum Gasteiger partial charge on any atom is -0.467 e. The van der Waals surface area contributed by atoms with Gasteiger partial charge < -0.3 is 14.2 Å². The first-order valence-electron chi connectivity index (χ1n) is 5.45. The second-order valence-electron chi connectivity index (χ2n) is 4.59. The van der Waals surface area contributed by atoms with Crippen molar-refractivity contribution in [3.8, 4) is 0 Å². The summed E-state index contributed by atoms with van der Waals surface area (Å²) in [4.78, 5) is 11.8. The van der Waals surface area contributed by atoms with E-state index in [9.17, 15) is 4.79 Å². The van der Waals surface area contributed by atoms with Crippen LogP contribution in [-0.4, -0.2) is 37.5 Å². The van der Waals surface area contributed by atoms with E-state index in [1.807, 2.05) is 13.8 Å². The fourth-order valence-electron chi connectivity index (χ4n) is 2.72. The molecule has 2 aliphatic rings. The monoisotopic (exact) mass is 214 g/mol. The maximum absolute atomic E-state index is 11.8. The molecule has 2 fully saturated rings. The fourth-order valence-corrected chi connectivity index (χ4v) is 2.72. The standard InChI is InChI=1S/C11H18O4/c1-8(2)11(9(12)13-3)10(15-11)4-6-14-7-5-10/h8H,4-7H2,1-3H3. The van der Waals surface area contributed by atoms with Gasteiger partial charge in [0.2, 0.25) is 0 Å². The second kappa shape index (κ2) is 3.46. The number of carbonyl (C=O) groups excluding carboxylic acids is 1. The molecule has 0 aromatic carbocycles. The first-order valence-corrected chi connectivity index (χ1v) is 5.45. The maximum Gasteiger partial charge on any atom is 0.341 e. The van der Waals surface area contributed by atoms with E-state index < -0.39 is 5.60 Å². The van der Waals surface area contributed by atoms with Crippen molar-refractivity contribution in [3.63, 3.8) is 0 Å². The lowest BCUT2D eigenvalue weighted by Crippen LogP contribution is -2.42. The van der Waals surface area contributed by atoms with Crippen LogP contribution in [0.5, 0.6) is 0 Å². The molecule has 0 amide bonds. The number of esters is 1. The predicted molar refractivity (Wildman–Crippen MR) is 53.5 cm³/mol. The van der Waals surface area contributed by atoms with E-state index in [2.05, 4.69) is 0 Å². The topological polar surface area (TPSA) is 48.1 Å². The van der Waals surface area contributed by atoms with Crippen molar-refractivity contribution in [1.29, 1.82) is 0 Å². The Bertz CT molecular complexity index is 268. The lowest BCUT2D eigenvalue weighted by Gasteiger charge is -2.24. The zero-order valence-electron chi connectivity index (χ0n) is 9.54. The first kappa shape index (κ1) is 10.9. The van der Waals surface area contributed by atoms with Crippen molar-refractivity contribution in [2.75, 3.05) is 20.3 Å². The molecule has 15 heavy (non-hydrogen) atoms. The summed E-state index contributed by atoms with van der Waals surface area (Å²) < 4.78 is 16.0. The first-order chi connectivity index (χ1) is 7.09. The summed E-state index contributed by atoms with van der Waals surface area (Å²) in [7, 11) is 1.42. The highest BCUT2D eigenvalue weighted by molar-refractivity contribution is 5.85. The third kappa shape index (κ3) is 1.31.